The minimum Gasteiger partial charge on any atom is -0.493 e. The number of allylic oxidation sites excluding steroid dienone is 1. The number of hydrogen-bond acceptors (Lipinski definition) is 3. The third-order valence-electron chi connectivity index (χ3n) is 4.24. The van der Waals surface area contributed by atoms with Crippen molar-refractivity contribution in [3.63, 3.8) is 0 Å². The lowest BCUT2D eigenvalue weighted by Gasteiger charge is -2.31. The first-order chi connectivity index (χ1) is 12.6. The molecule has 134 valence electrons. The molecule has 2 aromatic carbocycles. The smallest absolute Gasteiger partial charge is 0.193 e. The highest BCUT2D eigenvalue weighted by Crippen LogP contribution is 2.34. The maximum atomic E-state index is 13.2. The van der Waals surface area contributed by atoms with Gasteiger partial charge in [0.25, 0.3) is 0 Å². The quantitative estimate of drug-likeness (QED) is 0.594. The molecule has 0 amide bonds. The Morgan fingerprint density at radius 3 is 2.54 bits per heavy atom. The summed E-state index contributed by atoms with van der Waals surface area (Å²) in [4.78, 5) is 13.2. The van der Waals surface area contributed by atoms with E-state index in [1.54, 1.807) is 0 Å². The zero-order valence-corrected chi connectivity index (χ0v) is 15.7. The van der Waals surface area contributed by atoms with Crippen LogP contribution in [0.4, 0.5) is 0 Å². The number of Topliss-reactive ketones (excluding diaryl/α,β-unsaturated/α-hetero) is 1. The molecule has 1 atom stereocenters. The minimum atomic E-state index is -0.357. The summed E-state index contributed by atoms with van der Waals surface area (Å²) >= 11 is 5.34. The minimum absolute atomic E-state index is 0.0269. The summed E-state index contributed by atoms with van der Waals surface area (Å²) < 4.78 is 5.91. The first-order valence-corrected chi connectivity index (χ1v) is 9.12. The van der Waals surface area contributed by atoms with Crippen LogP contribution in [0.5, 0.6) is 5.75 Å². The van der Waals surface area contributed by atoms with Crippen molar-refractivity contribution in [1.29, 1.82) is 0 Å². The Hall–Kier alpha value is -2.66. The Morgan fingerprint density at radius 1 is 1.12 bits per heavy atom. The highest BCUT2D eigenvalue weighted by molar-refractivity contribution is 7.80. The number of carbonyl (C=O) groups excluding carboxylic acids is 1. The lowest BCUT2D eigenvalue weighted by molar-refractivity contribution is 0.102. The fourth-order valence-corrected chi connectivity index (χ4v) is 3.31. The molecule has 0 saturated heterocycles. The Bertz CT molecular complexity index is 846. The van der Waals surface area contributed by atoms with Crippen LogP contribution in [0.2, 0.25) is 0 Å². The summed E-state index contributed by atoms with van der Waals surface area (Å²) in [5.41, 5.74) is 2.97. The van der Waals surface area contributed by atoms with Crippen LogP contribution in [0.15, 0.2) is 65.9 Å². The van der Waals surface area contributed by atoms with Crippen molar-refractivity contribution in [2.75, 3.05) is 6.61 Å². The molecule has 2 N–H and O–H groups in total. The van der Waals surface area contributed by atoms with Gasteiger partial charge in [0, 0.05) is 22.4 Å². The topological polar surface area (TPSA) is 50.4 Å². The van der Waals surface area contributed by atoms with Crippen molar-refractivity contribution in [3.8, 4) is 5.75 Å². The van der Waals surface area contributed by atoms with E-state index >= 15 is 0 Å². The molecule has 0 saturated carbocycles. The number of ketones is 1. The van der Waals surface area contributed by atoms with Gasteiger partial charge in [-0.15, -0.1) is 0 Å². The van der Waals surface area contributed by atoms with E-state index in [4.69, 9.17) is 17.0 Å². The van der Waals surface area contributed by atoms with Crippen molar-refractivity contribution in [2.24, 2.45) is 0 Å². The average Bonchev–Trinajstić information content (AvgIpc) is 2.66. The molecular formula is C21H22N2O2S. The van der Waals surface area contributed by atoms with Crippen LogP contribution in [0.3, 0.4) is 0 Å². The fourth-order valence-electron chi connectivity index (χ4n) is 3.04. The highest BCUT2D eigenvalue weighted by Gasteiger charge is 2.32. The molecule has 1 aliphatic rings. The molecule has 5 heteroatoms. The third-order valence-corrected chi connectivity index (χ3v) is 4.46. The SMILES string of the molecule is CCCOc1ccccc1C1NC(=S)NC(C)=C1C(=O)c1ccccc1. The van der Waals surface area contributed by atoms with E-state index in [9.17, 15) is 4.79 Å². The third kappa shape index (κ3) is 3.78. The van der Waals surface area contributed by atoms with Gasteiger partial charge in [0.15, 0.2) is 10.9 Å². The highest BCUT2D eigenvalue weighted by atomic mass is 32.1. The van der Waals surface area contributed by atoms with Crippen molar-refractivity contribution >= 4 is 23.1 Å². The van der Waals surface area contributed by atoms with Gasteiger partial charge in [0.2, 0.25) is 0 Å². The molecule has 2 aromatic rings. The van der Waals surface area contributed by atoms with Gasteiger partial charge in [-0.2, -0.15) is 0 Å². The first kappa shape index (κ1) is 18.1. The Labute approximate surface area is 159 Å². The number of thiocarbonyl (C=S) groups is 1. The van der Waals surface area contributed by atoms with E-state index in [0.29, 0.717) is 22.9 Å². The van der Waals surface area contributed by atoms with Gasteiger partial charge in [-0.05, 0) is 31.6 Å². The summed E-state index contributed by atoms with van der Waals surface area (Å²) in [7, 11) is 0. The second-order valence-corrected chi connectivity index (χ2v) is 6.56. The molecule has 1 heterocycles. The second kappa shape index (κ2) is 8.15. The number of ether oxygens (including phenoxy) is 1. The van der Waals surface area contributed by atoms with Crippen molar-refractivity contribution in [3.05, 3.63) is 77.0 Å². The van der Waals surface area contributed by atoms with Crippen molar-refractivity contribution < 1.29 is 9.53 Å². The van der Waals surface area contributed by atoms with Crippen LogP contribution in [-0.2, 0) is 0 Å². The molecule has 4 nitrogen and oxygen atoms in total. The van der Waals surface area contributed by atoms with Gasteiger partial charge >= 0.3 is 0 Å². The fraction of sp³-hybridized carbons (Fsp3) is 0.238. The molecule has 0 bridgehead atoms. The standard InChI is InChI=1S/C21H22N2O2S/c1-3-13-25-17-12-8-7-11-16(17)19-18(14(2)22-21(26)23-19)20(24)15-9-5-4-6-10-15/h4-12,19H,3,13H2,1-2H3,(H2,22,23,26). The van der Waals surface area contributed by atoms with E-state index in [1.807, 2.05) is 61.5 Å². The van der Waals surface area contributed by atoms with E-state index in [0.717, 1.165) is 23.4 Å². The van der Waals surface area contributed by atoms with E-state index in [1.165, 1.54) is 0 Å². The van der Waals surface area contributed by atoms with Gasteiger partial charge in [0.05, 0.1) is 12.6 Å². The van der Waals surface area contributed by atoms with Gasteiger partial charge in [-0.3, -0.25) is 4.79 Å². The predicted octanol–water partition coefficient (Wildman–Crippen LogP) is 4.15. The number of rotatable bonds is 6. The molecule has 0 fully saturated rings. The van der Waals surface area contributed by atoms with Crippen LogP contribution in [-0.4, -0.2) is 17.5 Å². The molecule has 0 radical (unpaired) electrons. The molecular weight excluding hydrogens is 344 g/mol. The Morgan fingerprint density at radius 2 is 1.81 bits per heavy atom. The first-order valence-electron chi connectivity index (χ1n) is 8.71. The Kier molecular flexibility index (Phi) is 5.68. The van der Waals surface area contributed by atoms with Gasteiger partial charge in [-0.1, -0.05) is 55.5 Å². The lowest BCUT2D eigenvalue weighted by Crippen LogP contribution is -2.45. The average molecular weight is 366 g/mol. The molecule has 26 heavy (non-hydrogen) atoms. The molecule has 0 aromatic heterocycles. The molecule has 3 rings (SSSR count). The van der Waals surface area contributed by atoms with E-state index in [2.05, 4.69) is 17.6 Å². The van der Waals surface area contributed by atoms with Gasteiger partial charge < -0.3 is 15.4 Å². The number of benzene rings is 2. The summed E-state index contributed by atoms with van der Waals surface area (Å²) in [5, 5.41) is 6.83. The van der Waals surface area contributed by atoms with Crippen LogP contribution < -0.4 is 15.4 Å². The van der Waals surface area contributed by atoms with Crippen LogP contribution in [0.25, 0.3) is 0 Å². The van der Waals surface area contributed by atoms with Gasteiger partial charge in [-0.25, -0.2) is 0 Å². The zero-order chi connectivity index (χ0) is 18.5. The largest absolute Gasteiger partial charge is 0.493 e. The summed E-state index contributed by atoms with van der Waals surface area (Å²) in [6, 6.07) is 16.7. The van der Waals surface area contributed by atoms with E-state index < -0.39 is 0 Å². The second-order valence-electron chi connectivity index (χ2n) is 6.15. The normalized spacial score (nSPS) is 16.7. The zero-order valence-electron chi connectivity index (χ0n) is 14.9. The van der Waals surface area contributed by atoms with Crippen LogP contribution >= 0.6 is 12.2 Å². The van der Waals surface area contributed by atoms with Crippen molar-refractivity contribution in [2.45, 2.75) is 26.3 Å². The van der Waals surface area contributed by atoms with Crippen molar-refractivity contribution in [1.82, 2.24) is 10.6 Å². The predicted molar refractivity (Wildman–Crippen MR) is 107 cm³/mol. The summed E-state index contributed by atoms with van der Waals surface area (Å²) in [5.74, 6) is 0.739. The maximum Gasteiger partial charge on any atom is 0.193 e. The number of nitrogens with one attached hydrogen (secondary N) is 2. The summed E-state index contributed by atoms with van der Waals surface area (Å²) in [6.45, 7) is 4.57. The van der Waals surface area contributed by atoms with E-state index in [-0.39, 0.29) is 11.8 Å². The van der Waals surface area contributed by atoms with Crippen LogP contribution in [0, 0.1) is 0 Å². The lowest BCUT2D eigenvalue weighted by atomic mass is 9.89. The van der Waals surface area contributed by atoms with Crippen LogP contribution in [0.1, 0.15) is 42.2 Å². The molecule has 1 unspecified atom stereocenters. The number of para-hydroxylation sites is 1. The monoisotopic (exact) mass is 366 g/mol. The molecule has 0 spiro atoms. The molecule has 0 aliphatic carbocycles. The number of hydrogen-bond donors (Lipinski definition) is 2. The number of carbonyl (C=O) groups is 1. The molecule has 1 aliphatic heterocycles. The van der Waals surface area contributed by atoms with Gasteiger partial charge in [0.1, 0.15) is 5.75 Å². The summed E-state index contributed by atoms with van der Waals surface area (Å²) in [6.07, 6.45) is 0.914. The Balaban J connectivity index is 2.06. The maximum absolute atomic E-state index is 13.2.